The summed E-state index contributed by atoms with van der Waals surface area (Å²) in [4.78, 5) is 36.1. The summed E-state index contributed by atoms with van der Waals surface area (Å²) in [7, 11) is 0. The van der Waals surface area contributed by atoms with Crippen molar-refractivity contribution in [1.82, 2.24) is 5.32 Å². The van der Waals surface area contributed by atoms with Crippen LogP contribution in [0.4, 0.5) is 11.4 Å². The number of rotatable bonds is 6. The zero-order chi connectivity index (χ0) is 17.9. The minimum Gasteiger partial charge on any atom is -0.467 e. The Bertz CT molecular complexity index is 794. The number of benzene rings is 1. The maximum absolute atomic E-state index is 12.6. The third-order valence-corrected chi connectivity index (χ3v) is 4.06. The van der Waals surface area contributed by atoms with Crippen molar-refractivity contribution in [3.8, 4) is 0 Å². The van der Waals surface area contributed by atoms with Crippen LogP contribution in [0.2, 0.25) is 0 Å². The highest BCUT2D eigenvalue weighted by molar-refractivity contribution is 6.13. The van der Waals surface area contributed by atoms with E-state index in [4.69, 9.17) is 4.42 Å². The lowest BCUT2D eigenvalue weighted by molar-refractivity contribution is -0.134. The first-order valence-electron chi connectivity index (χ1n) is 7.99. The molecule has 1 fully saturated rings. The minimum absolute atomic E-state index is 0.195. The van der Waals surface area contributed by atoms with Crippen LogP contribution in [-0.2, 0) is 20.9 Å². The monoisotopic (exact) mass is 341 g/mol. The molecular formula is C18H19N3O4. The molecule has 3 amide bonds. The highest BCUT2D eigenvalue weighted by Gasteiger charge is 2.56. The van der Waals surface area contributed by atoms with Crippen molar-refractivity contribution in [2.75, 3.05) is 10.6 Å². The van der Waals surface area contributed by atoms with E-state index in [9.17, 15) is 14.4 Å². The third kappa shape index (κ3) is 3.88. The van der Waals surface area contributed by atoms with Gasteiger partial charge in [-0.25, -0.2) is 0 Å². The topological polar surface area (TPSA) is 100 Å². The fourth-order valence-electron chi connectivity index (χ4n) is 2.56. The van der Waals surface area contributed by atoms with Crippen molar-refractivity contribution in [3.05, 3.63) is 48.4 Å². The normalized spacial score (nSPS) is 14.4. The number of carbonyl (C=O) groups is 3. The van der Waals surface area contributed by atoms with E-state index in [1.807, 2.05) is 0 Å². The Morgan fingerprint density at radius 3 is 2.36 bits per heavy atom. The molecular weight excluding hydrogens is 322 g/mol. The highest BCUT2D eigenvalue weighted by atomic mass is 16.3. The van der Waals surface area contributed by atoms with Crippen LogP contribution >= 0.6 is 0 Å². The van der Waals surface area contributed by atoms with Gasteiger partial charge in [0.05, 0.1) is 12.8 Å². The Balaban J connectivity index is 1.62. The van der Waals surface area contributed by atoms with Crippen LogP contribution < -0.4 is 16.0 Å². The van der Waals surface area contributed by atoms with E-state index < -0.39 is 5.41 Å². The summed E-state index contributed by atoms with van der Waals surface area (Å²) in [5, 5.41) is 8.15. The number of furan rings is 1. The minimum atomic E-state index is -1.03. The molecule has 130 valence electrons. The van der Waals surface area contributed by atoms with Gasteiger partial charge in [-0.1, -0.05) is 6.07 Å². The van der Waals surface area contributed by atoms with Crippen molar-refractivity contribution in [1.29, 1.82) is 0 Å². The zero-order valence-electron chi connectivity index (χ0n) is 13.8. The number of amides is 3. The Labute approximate surface area is 144 Å². The van der Waals surface area contributed by atoms with Gasteiger partial charge < -0.3 is 20.4 Å². The van der Waals surface area contributed by atoms with Gasteiger partial charge >= 0.3 is 0 Å². The van der Waals surface area contributed by atoms with Gasteiger partial charge in [0.15, 0.2) is 0 Å². The molecule has 1 aliphatic rings. The second-order valence-electron chi connectivity index (χ2n) is 6.06. The molecule has 0 radical (unpaired) electrons. The van der Waals surface area contributed by atoms with Gasteiger partial charge in [-0.05, 0) is 43.2 Å². The fraction of sp³-hybridized carbons (Fsp3) is 0.278. The van der Waals surface area contributed by atoms with Gasteiger partial charge in [-0.3, -0.25) is 14.4 Å². The van der Waals surface area contributed by atoms with Crippen molar-refractivity contribution in [2.45, 2.75) is 26.3 Å². The van der Waals surface area contributed by atoms with Crippen molar-refractivity contribution < 1.29 is 18.8 Å². The number of hydrogen-bond donors (Lipinski definition) is 3. The van der Waals surface area contributed by atoms with E-state index in [1.54, 1.807) is 36.4 Å². The second kappa shape index (κ2) is 6.80. The summed E-state index contributed by atoms with van der Waals surface area (Å²) in [6.07, 6.45) is 2.55. The molecule has 3 rings (SSSR count). The molecule has 1 aromatic heterocycles. The zero-order valence-corrected chi connectivity index (χ0v) is 13.8. The molecule has 1 aliphatic carbocycles. The first-order valence-corrected chi connectivity index (χ1v) is 7.99. The summed E-state index contributed by atoms with van der Waals surface area (Å²) < 4.78 is 5.17. The molecule has 7 nitrogen and oxygen atoms in total. The predicted molar refractivity (Wildman–Crippen MR) is 91.6 cm³/mol. The largest absolute Gasteiger partial charge is 0.467 e. The summed E-state index contributed by atoms with van der Waals surface area (Å²) in [6, 6.07) is 10.3. The molecule has 0 bridgehead atoms. The van der Waals surface area contributed by atoms with Gasteiger partial charge in [0.1, 0.15) is 11.2 Å². The maximum atomic E-state index is 12.6. The molecule has 0 spiro atoms. The number of nitrogens with one attached hydrogen (secondary N) is 3. The number of anilines is 2. The van der Waals surface area contributed by atoms with Gasteiger partial charge in [0.25, 0.3) is 0 Å². The number of hydrogen-bond acceptors (Lipinski definition) is 4. The van der Waals surface area contributed by atoms with E-state index in [-0.39, 0.29) is 24.3 Å². The van der Waals surface area contributed by atoms with E-state index in [0.29, 0.717) is 30.0 Å². The van der Waals surface area contributed by atoms with Crippen LogP contribution in [0.25, 0.3) is 0 Å². The maximum Gasteiger partial charge on any atom is 0.240 e. The lowest BCUT2D eigenvalue weighted by Crippen LogP contribution is -2.39. The van der Waals surface area contributed by atoms with Crippen LogP contribution in [0.5, 0.6) is 0 Å². The molecule has 1 saturated carbocycles. The highest BCUT2D eigenvalue weighted by Crippen LogP contribution is 2.47. The quantitative estimate of drug-likeness (QED) is 0.702. The average Bonchev–Trinajstić information content (AvgIpc) is 3.22. The van der Waals surface area contributed by atoms with Gasteiger partial charge in [0.2, 0.25) is 17.7 Å². The Morgan fingerprint density at radius 1 is 1.04 bits per heavy atom. The first kappa shape index (κ1) is 16.8. The standard InChI is InChI=1S/C18H19N3O4/c1-12(22)20-13-4-2-5-14(10-13)21-17(24)18(7-8-18)16(23)19-11-15-6-3-9-25-15/h2-6,9-10H,7-8,11H2,1H3,(H,19,23)(H,20,22)(H,21,24). The van der Waals surface area contributed by atoms with Gasteiger partial charge in [-0.15, -0.1) is 0 Å². The molecule has 0 unspecified atom stereocenters. The Hall–Kier alpha value is -3.09. The van der Waals surface area contributed by atoms with E-state index in [2.05, 4.69) is 16.0 Å². The molecule has 0 saturated heterocycles. The molecule has 0 atom stereocenters. The second-order valence-corrected chi connectivity index (χ2v) is 6.06. The fourth-order valence-corrected chi connectivity index (χ4v) is 2.56. The van der Waals surface area contributed by atoms with E-state index in [1.165, 1.54) is 13.2 Å². The smallest absolute Gasteiger partial charge is 0.240 e. The molecule has 2 aromatic rings. The molecule has 7 heteroatoms. The molecule has 25 heavy (non-hydrogen) atoms. The lowest BCUT2D eigenvalue weighted by Gasteiger charge is -2.15. The van der Waals surface area contributed by atoms with E-state index in [0.717, 1.165) is 0 Å². The van der Waals surface area contributed by atoms with E-state index >= 15 is 0 Å². The average molecular weight is 341 g/mol. The van der Waals surface area contributed by atoms with Crippen LogP contribution in [0.15, 0.2) is 47.1 Å². The summed E-state index contributed by atoms with van der Waals surface area (Å²) in [5.74, 6) is -0.212. The molecule has 3 N–H and O–H groups in total. The third-order valence-electron chi connectivity index (χ3n) is 4.06. The molecule has 1 aromatic carbocycles. The van der Waals surface area contributed by atoms with Crippen LogP contribution in [0.3, 0.4) is 0 Å². The lowest BCUT2D eigenvalue weighted by atomic mass is 10.0. The summed E-state index contributed by atoms with van der Waals surface area (Å²) in [6.45, 7) is 1.66. The molecule has 0 aliphatic heterocycles. The van der Waals surface area contributed by atoms with Crippen molar-refractivity contribution in [3.63, 3.8) is 0 Å². The van der Waals surface area contributed by atoms with Gasteiger partial charge in [0, 0.05) is 18.3 Å². The predicted octanol–water partition coefficient (Wildman–Crippen LogP) is 2.27. The Morgan fingerprint density at radius 2 is 1.76 bits per heavy atom. The summed E-state index contributed by atoms with van der Waals surface area (Å²) in [5.41, 5.74) is 0.0788. The van der Waals surface area contributed by atoms with Crippen LogP contribution in [0.1, 0.15) is 25.5 Å². The molecule has 1 heterocycles. The van der Waals surface area contributed by atoms with Crippen LogP contribution in [0, 0.1) is 5.41 Å². The first-order chi connectivity index (χ1) is 12.0. The number of carbonyl (C=O) groups excluding carboxylic acids is 3. The van der Waals surface area contributed by atoms with Crippen molar-refractivity contribution in [2.24, 2.45) is 5.41 Å². The van der Waals surface area contributed by atoms with Crippen LogP contribution in [-0.4, -0.2) is 17.7 Å². The SMILES string of the molecule is CC(=O)Nc1cccc(NC(=O)C2(C(=O)NCc3ccco3)CC2)c1. The Kier molecular flexibility index (Phi) is 4.56. The van der Waals surface area contributed by atoms with Crippen molar-refractivity contribution >= 4 is 29.1 Å². The van der Waals surface area contributed by atoms with Gasteiger partial charge in [-0.2, -0.15) is 0 Å². The summed E-state index contributed by atoms with van der Waals surface area (Å²) >= 11 is 0.